The first-order valence-electron chi connectivity index (χ1n) is 6.88. The number of fused-ring (bicyclic) bond motifs is 1. The van der Waals surface area contributed by atoms with Crippen molar-refractivity contribution < 1.29 is 4.39 Å². The highest BCUT2D eigenvalue weighted by Gasteiger charge is 2.14. The van der Waals surface area contributed by atoms with Crippen molar-refractivity contribution in [3.05, 3.63) is 77.2 Å². The minimum Gasteiger partial charge on any atom is -0.253 e. The molecule has 0 radical (unpaired) electrons. The van der Waals surface area contributed by atoms with E-state index in [0.29, 0.717) is 12.0 Å². The van der Waals surface area contributed by atoms with Crippen LogP contribution in [0.1, 0.15) is 21.6 Å². The molecule has 1 heterocycles. The minimum atomic E-state index is -0.178. The van der Waals surface area contributed by atoms with Gasteiger partial charge in [-0.25, -0.2) is 4.39 Å². The first-order valence-corrected chi connectivity index (χ1v) is 7.80. The molecule has 0 saturated carbocycles. The van der Waals surface area contributed by atoms with Crippen LogP contribution < -0.4 is 0 Å². The lowest BCUT2D eigenvalue weighted by atomic mass is 10.0. The molecule has 3 aromatic rings. The summed E-state index contributed by atoms with van der Waals surface area (Å²) in [5.41, 5.74) is 3.67. The van der Waals surface area contributed by atoms with Crippen molar-refractivity contribution >= 4 is 26.8 Å². The topological polar surface area (TPSA) is 12.9 Å². The van der Waals surface area contributed by atoms with E-state index in [0.717, 1.165) is 22.2 Å². The highest BCUT2D eigenvalue weighted by Crippen LogP contribution is 2.29. The molecule has 3 heteroatoms. The molecule has 1 unspecified atom stereocenters. The van der Waals surface area contributed by atoms with E-state index >= 15 is 0 Å². The first kappa shape index (κ1) is 14.2. The van der Waals surface area contributed by atoms with Gasteiger partial charge in [0.25, 0.3) is 0 Å². The summed E-state index contributed by atoms with van der Waals surface area (Å²) in [6, 6.07) is 17.3. The molecule has 0 saturated heterocycles. The molecule has 0 aliphatic carbocycles. The molecule has 106 valence electrons. The molecule has 0 bridgehead atoms. The fraction of sp³-hybridized carbons (Fsp3) is 0.167. The van der Waals surface area contributed by atoms with Gasteiger partial charge in [-0.1, -0.05) is 57.9 Å². The Morgan fingerprint density at radius 3 is 2.76 bits per heavy atom. The van der Waals surface area contributed by atoms with Crippen molar-refractivity contribution in [3.8, 4) is 0 Å². The second-order valence-electron chi connectivity index (χ2n) is 5.19. The SMILES string of the molecule is Cc1ccc(F)c(C(Br)Cc2ccc3ccccc3n2)c1. The summed E-state index contributed by atoms with van der Waals surface area (Å²) in [7, 11) is 0. The number of rotatable bonds is 3. The van der Waals surface area contributed by atoms with E-state index in [1.54, 1.807) is 6.07 Å². The molecule has 0 aliphatic heterocycles. The molecule has 0 fully saturated rings. The second kappa shape index (κ2) is 5.94. The van der Waals surface area contributed by atoms with Gasteiger partial charge in [0.15, 0.2) is 0 Å². The van der Waals surface area contributed by atoms with E-state index in [-0.39, 0.29) is 10.6 Å². The summed E-state index contributed by atoms with van der Waals surface area (Å²) < 4.78 is 13.9. The lowest BCUT2D eigenvalue weighted by molar-refractivity contribution is 0.607. The van der Waals surface area contributed by atoms with Gasteiger partial charge in [-0.15, -0.1) is 0 Å². The third-order valence-corrected chi connectivity index (χ3v) is 4.35. The van der Waals surface area contributed by atoms with Crippen LogP contribution in [0.5, 0.6) is 0 Å². The van der Waals surface area contributed by atoms with Gasteiger partial charge in [0.2, 0.25) is 0 Å². The summed E-state index contributed by atoms with van der Waals surface area (Å²) in [6.07, 6.45) is 0.658. The van der Waals surface area contributed by atoms with Crippen molar-refractivity contribution in [1.29, 1.82) is 0 Å². The van der Waals surface area contributed by atoms with E-state index in [2.05, 4.69) is 27.0 Å². The lowest BCUT2D eigenvalue weighted by Crippen LogP contribution is -2.01. The summed E-state index contributed by atoms with van der Waals surface area (Å²) in [5, 5.41) is 1.12. The van der Waals surface area contributed by atoms with E-state index in [4.69, 9.17) is 0 Å². The lowest BCUT2D eigenvalue weighted by Gasteiger charge is -2.12. The smallest absolute Gasteiger partial charge is 0.127 e. The molecule has 2 aromatic carbocycles. The highest BCUT2D eigenvalue weighted by atomic mass is 79.9. The molecule has 0 spiro atoms. The molecule has 21 heavy (non-hydrogen) atoms. The third-order valence-electron chi connectivity index (χ3n) is 3.53. The molecular weight excluding hydrogens is 329 g/mol. The van der Waals surface area contributed by atoms with Gasteiger partial charge in [-0.3, -0.25) is 4.98 Å². The number of alkyl halides is 1. The Morgan fingerprint density at radius 2 is 1.90 bits per heavy atom. The number of para-hydroxylation sites is 1. The average molecular weight is 344 g/mol. The molecule has 1 nitrogen and oxygen atoms in total. The Morgan fingerprint density at radius 1 is 1.10 bits per heavy atom. The summed E-state index contributed by atoms with van der Waals surface area (Å²) in [6.45, 7) is 1.97. The maximum atomic E-state index is 13.9. The van der Waals surface area contributed by atoms with Crippen molar-refractivity contribution in [3.63, 3.8) is 0 Å². The number of hydrogen-bond donors (Lipinski definition) is 0. The summed E-state index contributed by atoms with van der Waals surface area (Å²) >= 11 is 3.59. The van der Waals surface area contributed by atoms with Gasteiger partial charge in [-0.05, 0) is 25.1 Å². The van der Waals surface area contributed by atoms with Crippen LogP contribution in [0.3, 0.4) is 0 Å². The Kier molecular flexibility index (Phi) is 4.02. The summed E-state index contributed by atoms with van der Waals surface area (Å²) in [4.78, 5) is 4.56. The molecule has 1 atom stereocenters. The zero-order valence-electron chi connectivity index (χ0n) is 11.7. The predicted molar refractivity (Wildman–Crippen MR) is 88.3 cm³/mol. The Balaban J connectivity index is 1.88. The Bertz CT molecular complexity index is 785. The second-order valence-corrected chi connectivity index (χ2v) is 6.30. The van der Waals surface area contributed by atoms with E-state index in [1.165, 1.54) is 6.07 Å². The monoisotopic (exact) mass is 343 g/mol. The number of aryl methyl sites for hydroxylation is 1. The largest absolute Gasteiger partial charge is 0.253 e. The molecular formula is C18H15BrFN. The van der Waals surface area contributed by atoms with Crippen LogP contribution in [-0.2, 0) is 6.42 Å². The normalized spacial score (nSPS) is 12.5. The maximum absolute atomic E-state index is 13.9. The number of aromatic nitrogens is 1. The van der Waals surface area contributed by atoms with Crippen LogP contribution in [0.4, 0.5) is 4.39 Å². The van der Waals surface area contributed by atoms with Crippen molar-refractivity contribution in [2.45, 2.75) is 18.2 Å². The molecule has 3 rings (SSSR count). The van der Waals surface area contributed by atoms with Crippen LogP contribution in [-0.4, -0.2) is 4.98 Å². The van der Waals surface area contributed by atoms with Gasteiger partial charge < -0.3 is 0 Å². The van der Waals surface area contributed by atoms with Gasteiger partial charge in [0.1, 0.15) is 5.82 Å². The van der Waals surface area contributed by atoms with E-state index in [9.17, 15) is 4.39 Å². The average Bonchev–Trinajstić information content (AvgIpc) is 2.49. The molecule has 0 aliphatic rings. The number of halogens is 2. The van der Waals surface area contributed by atoms with Crippen LogP contribution in [0.25, 0.3) is 10.9 Å². The maximum Gasteiger partial charge on any atom is 0.127 e. The predicted octanol–water partition coefficient (Wildman–Crippen LogP) is 5.36. The minimum absolute atomic E-state index is 0.0777. The third kappa shape index (κ3) is 3.13. The standard InChI is InChI=1S/C18H15BrFN/c1-12-6-9-17(20)15(10-12)16(19)11-14-8-7-13-4-2-3-5-18(13)21-14/h2-10,16H,11H2,1H3. The number of hydrogen-bond acceptors (Lipinski definition) is 1. The number of pyridine rings is 1. The molecule has 0 amide bonds. The fourth-order valence-corrected chi connectivity index (χ4v) is 3.10. The van der Waals surface area contributed by atoms with Crippen molar-refractivity contribution in [2.75, 3.05) is 0 Å². The Labute approximate surface area is 132 Å². The zero-order chi connectivity index (χ0) is 14.8. The number of nitrogens with zero attached hydrogens (tertiary/aromatic N) is 1. The van der Waals surface area contributed by atoms with E-state index in [1.807, 2.05) is 43.3 Å². The van der Waals surface area contributed by atoms with E-state index < -0.39 is 0 Å². The van der Waals surface area contributed by atoms with Crippen LogP contribution in [0.2, 0.25) is 0 Å². The van der Waals surface area contributed by atoms with Gasteiger partial charge in [-0.2, -0.15) is 0 Å². The zero-order valence-corrected chi connectivity index (χ0v) is 13.3. The van der Waals surface area contributed by atoms with Gasteiger partial charge in [0.05, 0.1) is 5.52 Å². The molecule has 0 N–H and O–H groups in total. The quantitative estimate of drug-likeness (QED) is 0.583. The number of benzene rings is 2. The molecule has 1 aromatic heterocycles. The van der Waals surface area contributed by atoms with Crippen LogP contribution in [0.15, 0.2) is 54.6 Å². The van der Waals surface area contributed by atoms with Crippen molar-refractivity contribution in [2.24, 2.45) is 0 Å². The van der Waals surface area contributed by atoms with Crippen LogP contribution in [0, 0.1) is 12.7 Å². The summed E-state index contributed by atoms with van der Waals surface area (Å²) in [5.74, 6) is -0.178. The Hall–Kier alpha value is -1.74. The first-order chi connectivity index (χ1) is 10.1. The van der Waals surface area contributed by atoms with Gasteiger partial charge in [0, 0.05) is 27.9 Å². The highest BCUT2D eigenvalue weighted by molar-refractivity contribution is 9.09. The fourth-order valence-electron chi connectivity index (χ4n) is 2.42. The van der Waals surface area contributed by atoms with Crippen molar-refractivity contribution in [1.82, 2.24) is 4.98 Å². The van der Waals surface area contributed by atoms with Crippen LogP contribution >= 0.6 is 15.9 Å². The van der Waals surface area contributed by atoms with Gasteiger partial charge >= 0.3 is 0 Å².